The molecular formula is C20H25ClN3O2+. The van der Waals surface area contributed by atoms with Gasteiger partial charge in [-0.05, 0) is 48.4 Å². The number of quaternary nitrogens is 1. The van der Waals surface area contributed by atoms with Crippen molar-refractivity contribution in [2.24, 2.45) is 0 Å². The van der Waals surface area contributed by atoms with E-state index >= 15 is 0 Å². The summed E-state index contributed by atoms with van der Waals surface area (Å²) in [6.07, 6.45) is 0.788. The zero-order valence-electron chi connectivity index (χ0n) is 14.7. The molecule has 6 heteroatoms. The van der Waals surface area contributed by atoms with E-state index in [2.05, 4.69) is 10.2 Å². The number of carbonyl (C=O) groups is 1. The molecule has 26 heavy (non-hydrogen) atoms. The van der Waals surface area contributed by atoms with Gasteiger partial charge < -0.3 is 20.2 Å². The Morgan fingerprint density at radius 2 is 1.88 bits per heavy atom. The molecule has 1 heterocycles. The quantitative estimate of drug-likeness (QED) is 0.710. The zero-order valence-corrected chi connectivity index (χ0v) is 15.5. The van der Waals surface area contributed by atoms with E-state index in [4.69, 9.17) is 11.6 Å². The van der Waals surface area contributed by atoms with E-state index in [0.717, 1.165) is 48.9 Å². The molecule has 0 bridgehead atoms. The van der Waals surface area contributed by atoms with Crippen molar-refractivity contribution in [1.82, 2.24) is 5.32 Å². The molecule has 0 spiro atoms. The van der Waals surface area contributed by atoms with E-state index in [1.807, 2.05) is 36.4 Å². The summed E-state index contributed by atoms with van der Waals surface area (Å²) in [7, 11) is 0. The van der Waals surface area contributed by atoms with Crippen molar-refractivity contribution < 1.29 is 14.8 Å². The highest BCUT2D eigenvalue weighted by Gasteiger charge is 2.22. The summed E-state index contributed by atoms with van der Waals surface area (Å²) in [6.45, 7) is 4.84. The number of nitrogens with one attached hydrogen (secondary N) is 2. The molecule has 1 aliphatic rings. The van der Waals surface area contributed by atoms with Crippen LogP contribution in [0.25, 0.3) is 0 Å². The molecule has 3 rings (SSSR count). The predicted octanol–water partition coefficient (Wildman–Crippen LogP) is 1.11. The minimum absolute atomic E-state index is 0.0973. The molecule has 2 aromatic carbocycles. The first kappa shape index (κ1) is 18.5. The van der Waals surface area contributed by atoms with Crippen LogP contribution in [0.2, 0.25) is 5.02 Å². The highest BCUT2D eigenvalue weighted by atomic mass is 35.5. The van der Waals surface area contributed by atoms with Gasteiger partial charge in [0.15, 0.2) is 6.54 Å². The van der Waals surface area contributed by atoms with Crippen molar-refractivity contribution in [2.45, 2.75) is 6.42 Å². The van der Waals surface area contributed by atoms with E-state index in [-0.39, 0.29) is 11.7 Å². The Hall–Kier alpha value is -2.24. The van der Waals surface area contributed by atoms with Crippen LogP contribution in [0.1, 0.15) is 5.56 Å². The van der Waals surface area contributed by atoms with Gasteiger partial charge >= 0.3 is 0 Å². The summed E-state index contributed by atoms with van der Waals surface area (Å²) < 4.78 is 0. The molecule has 0 unspecified atom stereocenters. The molecule has 1 saturated heterocycles. The number of nitrogens with zero attached hydrogens (tertiary/aromatic N) is 1. The number of aromatic hydroxyl groups is 1. The number of phenolic OH excluding ortho intramolecular Hbond substituents is 1. The van der Waals surface area contributed by atoms with Crippen molar-refractivity contribution in [3.8, 4) is 5.75 Å². The minimum atomic E-state index is 0.0973. The maximum absolute atomic E-state index is 12.2. The van der Waals surface area contributed by atoms with Crippen LogP contribution in [-0.4, -0.2) is 50.3 Å². The number of benzene rings is 2. The second-order valence-corrected chi connectivity index (χ2v) is 7.10. The van der Waals surface area contributed by atoms with E-state index in [1.165, 1.54) is 4.90 Å². The fourth-order valence-corrected chi connectivity index (χ4v) is 3.46. The number of rotatable bonds is 6. The van der Waals surface area contributed by atoms with Gasteiger partial charge in [-0.15, -0.1) is 0 Å². The number of piperazine rings is 1. The molecule has 3 N–H and O–H groups in total. The third kappa shape index (κ3) is 5.38. The summed E-state index contributed by atoms with van der Waals surface area (Å²) >= 11 is 5.97. The van der Waals surface area contributed by atoms with Crippen LogP contribution in [0.4, 0.5) is 5.69 Å². The predicted molar refractivity (Wildman–Crippen MR) is 104 cm³/mol. The van der Waals surface area contributed by atoms with Gasteiger partial charge in [0.2, 0.25) is 0 Å². The first-order chi connectivity index (χ1) is 12.6. The van der Waals surface area contributed by atoms with E-state index in [1.54, 1.807) is 12.1 Å². The van der Waals surface area contributed by atoms with Crippen LogP contribution < -0.4 is 15.1 Å². The van der Waals surface area contributed by atoms with Gasteiger partial charge in [0.05, 0.1) is 26.2 Å². The summed E-state index contributed by atoms with van der Waals surface area (Å²) in [6, 6.07) is 15.0. The van der Waals surface area contributed by atoms with E-state index in [0.29, 0.717) is 13.1 Å². The van der Waals surface area contributed by atoms with Gasteiger partial charge in [0.25, 0.3) is 5.91 Å². The lowest BCUT2D eigenvalue weighted by Crippen LogP contribution is -3.16. The second kappa shape index (κ2) is 8.92. The topological polar surface area (TPSA) is 57.0 Å². The first-order valence-electron chi connectivity index (χ1n) is 8.99. The van der Waals surface area contributed by atoms with Crippen LogP contribution in [0.5, 0.6) is 5.75 Å². The third-order valence-electron chi connectivity index (χ3n) is 4.72. The summed E-state index contributed by atoms with van der Waals surface area (Å²) in [4.78, 5) is 15.8. The second-order valence-electron chi connectivity index (χ2n) is 6.66. The molecule has 138 valence electrons. The zero-order chi connectivity index (χ0) is 18.4. The number of halogens is 1. The number of amides is 1. The molecule has 1 amide bonds. The number of carbonyl (C=O) groups excluding carboxylic acids is 1. The lowest BCUT2D eigenvalue weighted by molar-refractivity contribution is -0.892. The van der Waals surface area contributed by atoms with E-state index in [9.17, 15) is 9.90 Å². The SMILES string of the molecule is O=C(C[NH+]1CCN(c2ccc(O)cc2)CC1)NCCc1cccc(Cl)c1. The molecule has 0 saturated carbocycles. The fraction of sp³-hybridized carbons (Fsp3) is 0.350. The van der Waals surface area contributed by atoms with Crippen molar-refractivity contribution in [3.63, 3.8) is 0 Å². The van der Waals surface area contributed by atoms with Crippen LogP contribution in [0.15, 0.2) is 48.5 Å². The number of hydrogen-bond acceptors (Lipinski definition) is 3. The van der Waals surface area contributed by atoms with Gasteiger partial charge in [-0.3, -0.25) is 4.79 Å². The Morgan fingerprint density at radius 1 is 1.15 bits per heavy atom. The van der Waals surface area contributed by atoms with Crippen LogP contribution in [0.3, 0.4) is 0 Å². The first-order valence-corrected chi connectivity index (χ1v) is 9.36. The van der Waals surface area contributed by atoms with Crippen LogP contribution in [-0.2, 0) is 11.2 Å². The van der Waals surface area contributed by atoms with Crippen molar-refractivity contribution in [3.05, 3.63) is 59.1 Å². The van der Waals surface area contributed by atoms with Gasteiger partial charge in [0, 0.05) is 17.3 Å². The fourth-order valence-electron chi connectivity index (χ4n) is 3.25. The average molecular weight is 375 g/mol. The van der Waals surface area contributed by atoms with Crippen molar-refractivity contribution >= 4 is 23.2 Å². The van der Waals surface area contributed by atoms with Gasteiger partial charge in [-0.2, -0.15) is 0 Å². The standard InChI is InChI=1S/C20H24ClN3O2/c21-17-3-1-2-16(14-17)8-9-22-20(26)15-23-10-12-24(13-11-23)18-4-6-19(25)7-5-18/h1-7,14,25H,8-13,15H2,(H,22,26)/p+1. The molecule has 1 aliphatic heterocycles. The monoisotopic (exact) mass is 374 g/mol. The molecule has 2 aromatic rings. The summed E-state index contributed by atoms with van der Waals surface area (Å²) in [5.74, 6) is 0.382. The molecule has 0 aromatic heterocycles. The Bertz CT molecular complexity index is 728. The average Bonchev–Trinajstić information content (AvgIpc) is 2.63. The highest BCUT2D eigenvalue weighted by Crippen LogP contribution is 2.18. The van der Waals surface area contributed by atoms with Gasteiger partial charge in [-0.1, -0.05) is 23.7 Å². The Balaban J connectivity index is 1.37. The Morgan fingerprint density at radius 3 is 2.58 bits per heavy atom. The smallest absolute Gasteiger partial charge is 0.275 e. The van der Waals surface area contributed by atoms with Gasteiger partial charge in [0.1, 0.15) is 5.75 Å². The molecule has 0 atom stereocenters. The molecule has 0 aliphatic carbocycles. The number of hydrogen-bond donors (Lipinski definition) is 3. The Kier molecular flexibility index (Phi) is 6.36. The summed E-state index contributed by atoms with van der Waals surface area (Å²) in [5, 5.41) is 13.1. The molecule has 5 nitrogen and oxygen atoms in total. The lowest BCUT2D eigenvalue weighted by Gasteiger charge is -2.33. The number of phenols is 1. The largest absolute Gasteiger partial charge is 0.508 e. The lowest BCUT2D eigenvalue weighted by atomic mass is 10.1. The number of anilines is 1. The summed E-state index contributed by atoms with van der Waals surface area (Å²) in [5.41, 5.74) is 2.25. The van der Waals surface area contributed by atoms with Crippen molar-refractivity contribution in [1.29, 1.82) is 0 Å². The minimum Gasteiger partial charge on any atom is -0.508 e. The molecule has 1 fully saturated rings. The van der Waals surface area contributed by atoms with E-state index < -0.39 is 0 Å². The maximum Gasteiger partial charge on any atom is 0.275 e. The van der Waals surface area contributed by atoms with Crippen LogP contribution >= 0.6 is 11.6 Å². The molecular weight excluding hydrogens is 350 g/mol. The molecule has 0 radical (unpaired) electrons. The maximum atomic E-state index is 12.2. The normalized spacial score (nSPS) is 15.0. The van der Waals surface area contributed by atoms with Gasteiger partial charge in [-0.25, -0.2) is 0 Å². The van der Waals surface area contributed by atoms with Crippen molar-refractivity contribution in [2.75, 3.05) is 44.2 Å². The third-order valence-corrected chi connectivity index (χ3v) is 4.96. The highest BCUT2D eigenvalue weighted by molar-refractivity contribution is 6.30. The Labute approximate surface area is 159 Å². The van der Waals surface area contributed by atoms with Crippen LogP contribution in [0, 0.1) is 0 Å².